The molecule has 152 valence electrons. The summed E-state index contributed by atoms with van der Waals surface area (Å²) < 4.78 is 5.64. The number of benzene rings is 1. The van der Waals surface area contributed by atoms with Gasteiger partial charge in [-0.15, -0.1) is 5.10 Å². The van der Waals surface area contributed by atoms with Crippen molar-refractivity contribution < 1.29 is 9.51 Å². The molecule has 0 spiro atoms. The molecule has 0 saturated heterocycles. The zero-order chi connectivity index (χ0) is 21.9. The molecule has 3 heterocycles. The third kappa shape index (κ3) is 3.95. The maximum Gasteiger partial charge on any atom is 0.238 e. The number of aryl methyl sites for hydroxylation is 1. The maximum atomic E-state index is 9.85. The summed E-state index contributed by atoms with van der Waals surface area (Å²) in [6.45, 7) is 1.77. The van der Waals surface area contributed by atoms with Crippen molar-refractivity contribution in [2.24, 2.45) is 0 Å². The van der Waals surface area contributed by atoms with Crippen LogP contribution < -0.4 is 9.51 Å². The molecule has 3 aromatic rings. The van der Waals surface area contributed by atoms with Crippen LogP contribution in [0.5, 0.6) is 5.88 Å². The summed E-state index contributed by atoms with van der Waals surface area (Å²) in [5.74, 6) is -0.550. The van der Waals surface area contributed by atoms with Gasteiger partial charge in [0.15, 0.2) is 17.5 Å². The smallest absolute Gasteiger partial charge is 0.238 e. The van der Waals surface area contributed by atoms with Crippen LogP contribution in [0.25, 0.3) is 0 Å². The van der Waals surface area contributed by atoms with Gasteiger partial charge in [0.1, 0.15) is 0 Å². The van der Waals surface area contributed by atoms with Gasteiger partial charge in [-0.2, -0.15) is 10.5 Å². The molecule has 2 atom stereocenters. The SMILES string of the molecule is Cc1[nH]nc2c1C(c1ccc(Cl)cc1Cl)C(C#N)(C#N)P(=S)([S-])O2.c1cc[nH+]cc1. The van der Waals surface area contributed by atoms with Crippen molar-refractivity contribution in [1.82, 2.24) is 10.2 Å². The quantitative estimate of drug-likeness (QED) is 0.389. The number of nitrogens with zero attached hydrogens (tertiary/aromatic N) is 3. The molecule has 11 heteroatoms. The fourth-order valence-corrected chi connectivity index (χ4v) is 6.52. The number of H-pyrrole nitrogens is 2. The average molecular weight is 494 g/mol. The summed E-state index contributed by atoms with van der Waals surface area (Å²) in [5.41, 5.74) is -1.52. The molecule has 0 amide bonds. The Morgan fingerprint density at radius 3 is 2.43 bits per heavy atom. The van der Waals surface area contributed by atoms with Gasteiger partial charge in [0.05, 0.1) is 18.1 Å². The fraction of sp³-hybridized carbons (Fsp3) is 0.158. The first-order chi connectivity index (χ1) is 14.3. The van der Waals surface area contributed by atoms with Gasteiger partial charge < -0.3 is 16.8 Å². The highest BCUT2D eigenvalue weighted by molar-refractivity contribution is 8.54. The first kappa shape index (κ1) is 22.6. The topological polar surface area (TPSA) is 99.6 Å². The van der Waals surface area contributed by atoms with E-state index in [0.717, 1.165) is 0 Å². The van der Waals surface area contributed by atoms with Crippen LogP contribution >= 0.6 is 28.7 Å². The summed E-state index contributed by atoms with van der Waals surface area (Å²) in [5, 5.41) is 25.6. The van der Waals surface area contributed by atoms with Crippen molar-refractivity contribution in [2.75, 3.05) is 0 Å². The first-order valence-corrected chi connectivity index (χ1v) is 13.0. The first-order valence-electron chi connectivity index (χ1n) is 8.51. The van der Waals surface area contributed by atoms with Crippen LogP contribution in [0.4, 0.5) is 0 Å². The lowest BCUT2D eigenvalue weighted by Gasteiger charge is -2.46. The number of hydrogen-bond donors (Lipinski definition) is 1. The van der Waals surface area contributed by atoms with Gasteiger partial charge in [0.2, 0.25) is 5.88 Å². The number of hydrogen-bond acceptors (Lipinski definition) is 6. The summed E-state index contributed by atoms with van der Waals surface area (Å²) in [6, 6.07) is 14.8. The largest absolute Gasteiger partial charge is 0.704 e. The zero-order valence-electron chi connectivity index (χ0n) is 15.5. The van der Waals surface area contributed by atoms with Crippen LogP contribution in [-0.4, -0.2) is 15.4 Å². The molecule has 1 aliphatic rings. The summed E-state index contributed by atoms with van der Waals surface area (Å²) in [4.78, 5) is 2.89. The van der Waals surface area contributed by atoms with Crippen molar-refractivity contribution in [3.63, 3.8) is 0 Å². The van der Waals surface area contributed by atoms with Gasteiger partial charge in [-0.1, -0.05) is 47.1 Å². The minimum Gasteiger partial charge on any atom is -0.704 e. The van der Waals surface area contributed by atoms with Crippen LogP contribution in [0.3, 0.4) is 0 Å². The van der Waals surface area contributed by atoms with Crippen molar-refractivity contribution in [1.29, 1.82) is 10.5 Å². The van der Waals surface area contributed by atoms with E-state index in [4.69, 9.17) is 51.8 Å². The molecular formula is C19H14Cl2N5OPS2. The normalized spacial score (nSPS) is 21.1. The maximum absolute atomic E-state index is 9.85. The van der Waals surface area contributed by atoms with E-state index in [9.17, 15) is 10.5 Å². The molecule has 0 aliphatic carbocycles. The Morgan fingerprint density at radius 1 is 1.27 bits per heavy atom. The molecule has 2 unspecified atom stereocenters. The van der Waals surface area contributed by atoms with E-state index in [1.807, 2.05) is 42.7 Å². The Bertz CT molecular complexity index is 1170. The van der Waals surface area contributed by atoms with Gasteiger partial charge >= 0.3 is 0 Å². The van der Waals surface area contributed by atoms with Crippen LogP contribution in [0.15, 0.2) is 48.8 Å². The number of pyridine rings is 1. The van der Waals surface area contributed by atoms with E-state index in [-0.39, 0.29) is 5.88 Å². The van der Waals surface area contributed by atoms with Crippen LogP contribution in [0.1, 0.15) is 22.7 Å². The second kappa shape index (κ2) is 8.98. The molecule has 2 N–H and O–H groups in total. The lowest BCUT2D eigenvalue weighted by atomic mass is 9.81. The second-order valence-electron chi connectivity index (χ2n) is 6.32. The van der Waals surface area contributed by atoms with Crippen molar-refractivity contribution >= 4 is 52.7 Å². The molecule has 0 fully saturated rings. The summed E-state index contributed by atoms with van der Waals surface area (Å²) in [6.07, 6.45) is 3.75. The minimum atomic E-state index is -3.28. The number of nitriles is 2. The van der Waals surface area contributed by atoms with E-state index in [2.05, 4.69) is 15.2 Å². The van der Waals surface area contributed by atoms with E-state index >= 15 is 0 Å². The highest BCUT2D eigenvalue weighted by Gasteiger charge is 2.54. The lowest BCUT2D eigenvalue weighted by molar-refractivity contribution is -0.377. The van der Waals surface area contributed by atoms with Gasteiger partial charge in [0.25, 0.3) is 0 Å². The molecule has 0 saturated carbocycles. The van der Waals surface area contributed by atoms with Gasteiger partial charge in [-0.05, 0) is 24.6 Å². The van der Waals surface area contributed by atoms with Gasteiger partial charge in [0, 0.05) is 38.9 Å². The fourth-order valence-electron chi connectivity index (χ4n) is 3.11. The van der Waals surface area contributed by atoms with Crippen molar-refractivity contribution in [2.45, 2.75) is 18.0 Å². The van der Waals surface area contributed by atoms with Gasteiger partial charge in [-0.3, -0.25) is 5.10 Å². The Balaban J connectivity index is 0.000000367. The summed E-state index contributed by atoms with van der Waals surface area (Å²) in [7, 11) is 0. The number of fused-ring (bicyclic) bond motifs is 1. The Morgan fingerprint density at radius 2 is 1.93 bits per heavy atom. The highest BCUT2D eigenvalue weighted by Crippen LogP contribution is 2.68. The van der Waals surface area contributed by atoms with E-state index in [1.54, 1.807) is 25.1 Å². The van der Waals surface area contributed by atoms with E-state index < -0.39 is 16.5 Å². The third-order valence-corrected chi connectivity index (χ3v) is 9.00. The predicted octanol–water partition coefficient (Wildman–Crippen LogP) is 4.69. The van der Waals surface area contributed by atoms with Crippen LogP contribution in [0, 0.1) is 29.6 Å². The van der Waals surface area contributed by atoms with Crippen molar-refractivity contribution in [3.8, 4) is 18.0 Å². The monoisotopic (exact) mass is 493 g/mol. The zero-order valence-corrected chi connectivity index (χ0v) is 19.5. The number of aromatic nitrogens is 3. The molecule has 1 aromatic carbocycles. The molecule has 4 rings (SSSR count). The molecule has 0 radical (unpaired) electrons. The number of aromatic amines is 2. The second-order valence-corrected chi connectivity index (χ2v) is 12.8. The molecular weight excluding hydrogens is 480 g/mol. The third-order valence-electron chi connectivity index (χ3n) is 4.53. The van der Waals surface area contributed by atoms with Crippen LogP contribution in [-0.2, 0) is 24.1 Å². The molecule has 0 bridgehead atoms. The van der Waals surface area contributed by atoms with Gasteiger partial charge in [-0.25, -0.2) is 4.98 Å². The lowest BCUT2D eigenvalue weighted by Crippen LogP contribution is -2.38. The predicted molar refractivity (Wildman–Crippen MR) is 121 cm³/mol. The molecule has 2 aromatic heterocycles. The number of rotatable bonds is 1. The number of nitrogens with one attached hydrogen (secondary N) is 2. The van der Waals surface area contributed by atoms with E-state index in [0.29, 0.717) is 26.9 Å². The highest BCUT2D eigenvalue weighted by atomic mass is 35.5. The molecule has 30 heavy (non-hydrogen) atoms. The summed E-state index contributed by atoms with van der Waals surface area (Å²) >= 11 is 23.1. The molecule has 6 nitrogen and oxygen atoms in total. The van der Waals surface area contributed by atoms with Crippen molar-refractivity contribution in [3.05, 3.63) is 75.7 Å². The Kier molecular flexibility index (Phi) is 6.77. The average Bonchev–Trinajstić information content (AvgIpc) is 3.08. The Labute approximate surface area is 194 Å². The minimum absolute atomic E-state index is 0.225. The molecule has 1 aliphatic heterocycles. The standard InChI is InChI=1S/C14H9Cl2N4OPS2.C5H5N/c1-7-11-12(9-3-2-8(15)4-10(9)16)14(5-17,6-18)22(23,24)21-13(11)20-19-7;1-2-4-6-5-3-1/h2-4,12H,1H3,(H,19,20)(H,23,24);1-5H. The Hall–Kier alpha value is -2.06. The van der Waals surface area contributed by atoms with E-state index in [1.165, 1.54) is 0 Å². The van der Waals surface area contributed by atoms with Crippen LogP contribution in [0.2, 0.25) is 10.0 Å². The number of halogens is 2.